The lowest BCUT2D eigenvalue weighted by atomic mass is 10.3. The van der Waals surface area contributed by atoms with E-state index in [0.29, 0.717) is 10.2 Å². The highest BCUT2D eigenvalue weighted by Gasteiger charge is 2.02. The number of hydrogen-bond donors (Lipinski definition) is 1. The molecule has 0 aliphatic rings. The summed E-state index contributed by atoms with van der Waals surface area (Å²) in [4.78, 5) is 0. The molecule has 0 amide bonds. The second kappa shape index (κ2) is 2.76. The van der Waals surface area contributed by atoms with Crippen LogP contribution in [0.4, 0.5) is 10.1 Å². The fourth-order valence-corrected chi connectivity index (χ4v) is 1.18. The predicted molar refractivity (Wildman–Crippen MR) is 43.5 cm³/mol. The van der Waals surface area contributed by atoms with Crippen LogP contribution in [0.5, 0.6) is 0 Å². The maximum atomic E-state index is 12.5. The molecule has 1 rings (SSSR count). The van der Waals surface area contributed by atoms with Crippen molar-refractivity contribution in [3.63, 3.8) is 0 Å². The zero-order valence-corrected chi connectivity index (χ0v) is 7.21. The minimum Gasteiger partial charge on any atom is -0.398 e. The summed E-state index contributed by atoms with van der Waals surface area (Å²) in [6.07, 6.45) is 0. The molecule has 0 aromatic heterocycles. The molecule has 0 atom stereocenters. The Bertz CT molecular complexity index is 214. The Kier molecular flexibility index (Phi) is 2.16. The van der Waals surface area contributed by atoms with Gasteiger partial charge in [0.05, 0.1) is 5.02 Å². The first-order valence-electron chi connectivity index (χ1n) is 2.51. The number of rotatable bonds is 0. The summed E-state index contributed by atoms with van der Waals surface area (Å²) >= 11 is 8.53. The summed E-state index contributed by atoms with van der Waals surface area (Å²) < 4.78 is 13.1. The Hall–Kier alpha value is -0.280. The van der Waals surface area contributed by atoms with Gasteiger partial charge in [-0.15, -0.1) is 0 Å². The van der Waals surface area contributed by atoms with Crippen molar-refractivity contribution in [2.75, 3.05) is 5.73 Å². The van der Waals surface area contributed by atoms with E-state index in [-0.39, 0.29) is 5.02 Å². The molecule has 0 heterocycles. The molecule has 2 N–H and O–H groups in total. The summed E-state index contributed by atoms with van der Waals surface area (Å²) in [6.45, 7) is 0. The largest absolute Gasteiger partial charge is 0.398 e. The molecule has 10 heavy (non-hydrogen) atoms. The van der Waals surface area contributed by atoms with Crippen LogP contribution in [0, 0.1) is 5.82 Å². The maximum absolute atomic E-state index is 12.5. The van der Waals surface area contributed by atoms with Crippen LogP contribution in [-0.4, -0.2) is 0 Å². The van der Waals surface area contributed by atoms with Gasteiger partial charge < -0.3 is 5.73 Å². The van der Waals surface area contributed by atoms with Crippen LogP contribution < -0.4 is 5.73 Å². The van der Waals surface area contributed by atoms with E-state index >= 15 is 0 Å². The fraction of sp³-hybridized carbons (Fsp3) is 0. The van der Waals surface area contributed by atoms with Gasteiger partial charge in [0.2, 0.25) is 0 Å². The van der Waals surface area contributed by atoms with Crippen molar-refractivity contribution in [3.8, 4) is 0 Å². The highest BCUT2D eigenvalue weighted by molar-refractivity contribution is 9.10. The van der Waals surface area contributed by atoms with Crippen molar-refractivity contribution in [2.45, 2.75) is 0 Å². The first-order chi connectivity index (χ1) is 4.61. The Morgan fingerprint density at radius 2 is 2.10 bits per heavy atom. The number of benzene rings is 1. The van der Waals surface area contributed by atoms with Crippen LogP contribution in [-0.2, 0) is 0 Å². The van der Waals surface area contributed by atoms with E-state index in [9.17, 15) is 4.39 Å². The van der Waals surface area contributed by atoms with Gasteiger partial charge in [-0.25, -0.2) is 4.39 Å². The monoisotopic (exact) mass is 223 g/mol. The van der Waals surface area contributed by atoms with Crippen molar-refractivity contribution in [1.82, 2.24) is 0 Å². The highest BCUT2D eigenvalue weighted by atomic mass is 79.9. The van der Waals surface area contributed by atoms with Crippen LogP contribution in [0.15, 0.2) is 16.6 Å². The van der Waals surface area contributed by atoms with Gasteiger partial charge in [0.1, 0.15) is 5.82 Å². The lowest BCUT2D eigenvalue weighted by molar-refractivity contribution is 0.628. The highest BCUT2D eigenvalue weighted by Crippen LogP contribution is 2.25. The Morgan fingerprint density at radius 1 is 1.50 bits per heavy atom. The van der Waals surface area contributed by atoms with Gasteiger partial charge in [-0.1, -0.05) is 11.6 Å². The van der Waals surface area contributed by atoms with Gasteiger partial charge in [0.15, 0.2) is 0 Å². The summed E-state index contributed by atoms with van der Waals surface area (Å²) in [6, 6.07) is 2.60. The third-order valence-corrected chi connectivity index (χ3v) is 2.02. The summed E-state index contributed by atoms with van der Waals surface area (Å²) in [7, 11) is 0. The molecule has 0 radical (unpaired) electrons. The zero-order chi connectivity index (χ0) is 7.72. The van der Waals surface area contributed by atoms with Crippen LogP contribution >= 0.6 is 27.5 Å². The van der Waals surface area contributed by atoms with Crippen LogP contribution in [0.1, 0.15) is 0 Å². The van der Waals surface area contributed by atoms with E-state index in [1.165, 1.54) is 12.1 Å². The molecular weight excluding hydrogens is 220 g/mol. The first-order valence-corrected chi connectivity index (χ1v) is 3.68. The molecule has 54 valence electrons. The summed E-state index contributed by atoms with van der Waals surface area (Å²) in [5, 5.41) is 0.0704. The van der Waals surface area contributed by atoms with Crippen LogP contribution in [0.25, 0.3) is 0 Å². The van der Waals surface area contributed by atoms with E-state index < -0.39 is 5.82 Å². The van der Waals surface area contributed by atoms with Gasteiger partial charge in [0.25, 0.3) is 0 Å². The van der Waals surface area contributed by atoms with Gasteiger partial charge in [-0.05, 0) is 28.1 Å². The quantitative estimate of drug-likeness (QED) is 0.532. The molecule has 0 saturated heterocycles. The molecule has 0 unspecified atom stereocenters. The molecule has 0 spiro atoms. The molecule has 0 aliphatic carbocycles. The second-order valence-electron chi connectivity index (χ2n) is 1.79. The average molecular weight is 224 g/mol. The normalized spacial score (nSPS) is 9.90. The van der Waals surface area contributed by atoms with Gasteiger partial charge in [-0.2, -0.15) is 0 Å². The SMILES string of the molecule is Nc1cc(F)c(Cl)cc1Br. The molecule has 0 fully saturated rings. The lowest BCUT2D eigenvalue weighted by Crippen LogP contribution is -1.88. The molecule has 1 nitrogen and oxygen atoms in total. The van der Waals surface area contributed by atoms with E-state index in [1.54, 1.807) is 0 Å². The smallest absolute Gasteiger partial charge is 0.143 e. The number of hydrogen-bond acceptors (Lipinski definition) is 1. The third kappa shape index (κ3) is 1.41. The van der Waals surface area contributed by atoms with E-state index in [4.69, 9.17) is 17.3 Å². The van der Waals surface area contributed by atoms with E-state index in [1.807, 2.05) is 0 Å². The van der Waals surface area contributed by atoms with E-state index in [0.717, 1.165) is 0 Å². The Labute approximate surface area is 71.1 Å². The van der Waals surface area contributed by atoms with Crippen molar-refractivity contribution in [3.05, 3.63) is 27.4 Å². The standard InChI is InChI=1S/C6H4BrClFN/c7-3-1-4(8)5(9)2-6(3)10/h1-2H,10H2. The van der Waals surface area contributed by atoms with Crippen molar-refractivity contribution >= 4 is 33.2 Å². The Morgan fingerprint density at radius 3 is 2.60 bits per heavy atom. The molecule has 1 aromatic carbocycles. The topological polar surface area (TPSA) is 26.0 Å². The van der Waals surface area contributed by atoms with Crippen LogP contribution in [0.3, 0.4) is 0 Å². The molecular formula is C6H4BrClFN. The van der Waals surface area contributed by atoms with Crippen LogP contribution in [0.2, 0.25) is 5.02 Å². The van der Waals surface area contributed by atoms with Crippen molar-refractivity contribution in [1.29, 1.82) is 0 Å². The molecule has 0 bridgehead atoms. The second-order valence-corrected chi connectivity index (χ2v) is 3.05. The average Bonchev–Trinajstić information content (AvgIpc) is 1.84. The molecule has 1 aromatic rings. The number of anilines is 1. The van der Waals surface area contributed by atoms with Gasteiger partial charge >= 0.3 is 0 Å². The van der Waals surface area contributed by atoms with Gasteiger partial charge in [0, 0.05) is 10.2 Å². The zero-order valence-electron chi connectivity index (χ0n) is 4.87. The van der Waals surface area contributed by atoms with Gasteiger partial charge in [-0.3, -0.25) is 0 Å². The first kappa shape index (κ1) is 7.82. The summed E-state index contributed by atoms with van der Waals surface area (Å²) in [5.74, 6) is -0.498. The lowest BCUT2D eigenvalue weighted by Gasteiger charge is -1.98. The third-order valence-electron chi connectivity index (χ3n) is 1.04. The van der Waals surface area contributed by atoms with Crippen molar-refractivity contribution < 1.29 is 4.39 Å². The number of halogens is 3. The Balaban J connectivity index is 3.28. The van der Waals surface area contributed by atoms with E-state index in [2.05, 4.69) is 15.9 Å². The molecule has 0 saturated carbocycles. The minimum atomic E-state index is -0.498. The maximum Gasteiger partial charge on any atom is 0.143 e. The minimum absolute atomic E-state index is 0.0704. The molecule has 4 heteroatoms. The predicted octanol–water partition coefficient (Wildman–Crippen LogP) is 2.82. The van der Waals surface area contributed by atoms with Crippen molar-refractivity contribution in [2.24, 2.45) is 0 Å². The number of nitrogens with two attached hydrogens (primary N) is 1. The fourth-order valence-electron chi connectivity index (χ4n) is 0.538. The molecule has 0 aliphatic heterocycles. The number of nitrogen functional groups attached to an aromatic ring is 1. The summed E-state index contributed by atoms with van der Waals surface area (Å²) in [5.41, 5.74) is 5.69.